The average molecular weight is 456 g/mol. The number of nitrogens with one attached hydrogen (secondary N) is 2. The molecule has 3 rings (SSSR count). The van der Waals surface area contributed by atoms with Crippen molar-refractivity contribution in [2.75, 3.05) is 16.4 Å². The van der Waals surface area contributed by atoms with Gasteiger partial charge >= 0.3 is 0 Å². The van der Waals surface area contributed by atoms with E-state index in [2.05, 4.69) is 10.6 Å². The van der Waals surface area contributed by atoms with Crippen LogP contribution >= 0.6 is 23.4 Å². The van der Waals surface area contributed by atoms with Gasteiger partial charge in [0.25, 0.3) is 11.6 Å². The molecule has 0 saturated carbocycles. The molecule has 0 unspecified atom stereocenters. The van der Waals surface area contributed by atoms with Gasteiger partial charge in [0.1, 0.15) is 0 Å². The fraction of sp³-hybridized carbons (Fsp3) is 0.0909. The Morgan fingerprint density at radius 2 is 1.81 bits per heavy atom. The fourth-order valence-corrected chi connectivity index (χ4v) is 3.62. The molecule has 0 aliphatic carbocycles. The number of nitrogens with zero attached hydrogens (tertiary/aromatic N) is 1. The lowest BCUT2D eigenvalue weighted by molar-refractivity contribution is -0.384. The van der Waals surface area contributed by atoms with Crippen LogP contribution in [0, 0.1) is 17.0 Å². The number of hydrogen-bond acceptors (Lipinski definition) is 5. The third-order valence-electron chi connectivity index (χ3n) is 4.25. The lowest BCUT2D eigenvalue weighted by Crippen LogP contribution is -2.15. The normalized spacial score (nSPS) is 10.4. The maximum absolute atomic E-state index is 12.4. The summed E-state index contributed by atoms with van der Waals surface area (Å²) in [6.45, 7) is 1.88. The number of carbonyl (C=O) groups is 2. The standard InChI is InChI=1S/C22H18ClN3O4S/c1-14-8-9-16(23)11-20(14)25-21(27)13-31-19-7-3-5-17(12-19)24-22(28)15-4-2-6-18(10-15)26(29)30/h2-12H,13H2,1H3,(H,24,28)(H,25,27). The summed E-state index contributed by atoms with van der Waals surface area (Å²) in [5, 5.41) is 17.0. The first-order chi connectivity index (χ1) is 14.8. The van der Waals surface area contributed by atoms with Gasteiger partial charge in [-0.25, -0.2) is 0 Å². The van der Waals surface area contributed by atoms with E-state index in [1.54, 1.807) is 30.3 Å². The Morgan fingerprint density at radius 3 is 2.58 bits per heavy atom. The van der Waals surface area contributed by atoms with Crippen LogP contribution in [0.2, 0.25) is 5.02 Å². The number of rotatable bonds is 7. The third-order valence-corrected chi connectivity index (χ3v) is 5.48. The Labute approximate surface area is 188 Å². The number of halogens is 1. The van der Waals surface area contributed by atoms with Gasteiger partial charge in [0.2, 0.25) is 5.91 Å². The zero-order valence-electron chi connectivity index (χ0n) is 16.4. The molecule has 0 spiro atoms. The van der Waals surface area contributed by atoms with Crippen molar-refractivity contribution in [2.45, 2.75) is 11.8 Å². The van der Waals surface area contributed by atoms with Crippen LogP contribution in [0.25, 0.3) is 0 Å². The number of amides is 2. The van der Waals surface area contributed by atoms with Crippen molar-refractivity contribution in [2.24, 2.45) is 0 Å². The molecule has 7 nitrogen and oxygen atoms in total. The molecule has 0 aliphatic heterocycles. The molecule has 0 bridgehead atoms. The van der Waals surface area contributed by atoms with Crippen molar-refractivity contribution < 1.29 is 14.5 Å². The first kappa shape index (κ1) is 22.3. The van der Waals surface area contributed by atoms with Gasteiger partial charge in [0.15, 0.2) is 0 Å². The van der Waals surface area contributed by atoms with Crippen LogP contribution in [0.5, 0.6) is 0 Å². The van der Waals surface area contributed by atoms with Crippen molar-refractivity contribution in [3.05, 3.63) is 93.0 Å². The molecule has 3 aromatic rings. The summed E-state index contributed by atoms with van der Waals surface area (Å²) in [6, 6.07) is 17.8. The van der Waals surface area contributed by atoms with Crippen molar-refractivity contribution >= 4 is 52.2 Å². The van der Waals surface area contributed by atoms with Crippen molar-refractivity contribution in [3.8, 4) is 0 Å². The maximum atomic E-state index is 12.4. The van der Waals surface area contributed by atoms with E-state index in [4.69, 9.17) is 11.6 Å². The summed E-state index contributed by atoms with van der Waals surface area (Å²) in [5.41, 5.74) is 2.12. The van der Waals surface area contributed by atoms with Crippen molar-refractivity contribution in [1.29, 1.82) is 0 Å². The van der Waals surface area contributed by atoms with Gasteiger partial charge in [-0.05, 0) is 48.9 Å². The van der Waals surface area contributed by atoms with E-state index in [1.165, 1.54) is 36.0 Å². The molecule has 0 fully saturated rings. The highest BCUT2D eigenvalue weighted by Gasteiger charge is 2.12. The number of nitro benzene ring substituents is 1. The van der Waals surface area contributed by atoms with Gasteiger partial charge < -0.3 is 10.6 Å². The highest BCUT2D eigenvalue weighted by Crippen LogP contribution is 2.24. The predicted molar refractivity (Wildman–Crippen MR) is 123 cm³/mol. The molecular weight excluding hydrogens is 438 g/mol. The molecule has 3 aromatic carbocycles. The van der Waals surface area contributed by atoms with Crippen LogP contribution in [0.15, 0.2) is 71.6 Å². The molecule has 9 heteroatoms. The van der Waals surface area contributed by atoms with Crippen molar-refractivity contribution in [3.63, 3.8) is 0 Å². The number of hydrogen-bond donors (Lipinski definition) is 2. The molecule has 0 aliphatic rings. The second-order valence-corrected chi connectivity index (χ2v) is 8.07. The van der Waals surface area contributed by atoms with Gasteiger partial charge in [0, 0.05) is 39.0 Å². The Morgan fingerprint density at radius 1 is 1.03 bits per heavy atom. The van der Waals surface area contributed by atoms with Gasteiger partial charge in [0.05, 0.1) is 10.7 Å². The van der Waals surface area contributed by atoms with Crippen molar-refractivity contribution in [1.82, 2.24) is 0 Å². The summed E-state index contributed by atoms with van der Waals surface area (Å²) >= 11 is 7.29. The SMILES string of the molecule is Cc1ccc(Cl)cc1NC(=O)CSc1cccc(NC(=O)c2cccc([N+](=O)[O-])c2)c1. The summed E-state index contributed by atoms with van der Waals surface area (Å²) in [5.74, 6) is -0.463. The van der Waals surface area contributed by atoms with Crippen LogP contribution < -0.4 is 10.6 Å². The van der Waals surface area contributed by atoms with E-state index in [0.29, 0.717) is 16.4 Å². The number of thioether (sulfide) groups is 1. The monoisotopic (exact) mass is 455 g/mol. The first-order valence-electron chi connectivity index (χ1n) is 9.16. The van der Waals surface area contributed by atoms with E-state index in [1.807, 2.05) is 19.1 Å². The number of anilines is 2. The zero-order valence-corrected chi connectivity index (χ0v) is 18.0. The number of aryl methyl sites for hydroxylation is 1. The molecular formula is C22H18ClN3O4S. The number of carbonyl (C=O) groups excluding carboxylic acids is 2. The van der Waals surface area contributed by atoms with Gasteiger partial charge in [-0.1, -0.05) is 29.8 Å². The number of nitro groups is 1. The molecule has 0 aromatic heterocycles. The van der Waals surface area contributed by atoms with Gasteiger partial charge in [-0.3, -0.25) is 19.7 Å². The third kappa shape index (κ3) is 6.31. The molecule has 0 saturated heterocycles. The van der Waals surface area contributed by atoms with Crippen LogP contribution in [-0.2, 0) is 4.79 Å². The molecule has 0 atom stereocenters. The van der Waals surface area contributed by atoms with E-state index < -0.39 is 10.8 Å². The Kier molecular flexibility index (Phi) is 7.28. The van der Waals surface area contributed by atoms with E-state index in [0.717, 1.165) is 10.5 Å². The highest BCUT2D eigenvalue weighted by molar-refractivity contribution is 8.00. The van der Waals surface area contributed by atoms with E-state index in [-0.39, 0.29) is 22.9 Å². The van der Waals surface area contributed by atoms with E-state index in [9.17, 15) is 19.7 Å². The summed E-state index contributed by atoms with van der Waals surface area (Å²) in [4.78, 5) is 35.8. The smallest absolute Gasteiger partial charge is 0.270 e. The lowest BCUT2D eigenvalue weighted by atomic mass is 10.2. The predicted octanol–water partition coefficient (Wildman–Crippen LogP) is 5.54. The maximum Gasteiger partial charge on any atom is 0.270 e. The molecule has 158 valence electrons. The largest absolute Gasteiger partial charge is 0.325 e. The molecule has 0 heterocycles. The average Bonchev–Trinajstić information content (AvgIpc) is 2.75. The molecule has 2 N–H and O–H groups in total. The second kappa shape index (κ2) is 10.1. The van der Waals surface area contributed by atoms with Gasteiger partial charge in [-0.2, -0.15) is 0 Å². The zero-order chi connectivity index (χ0) is 22.4. The number of non-ortho nitro benzene ring substituents is 1. The van der Waals surface area contributed by atoms with Crippen LogP contribution in [0.3, 0.4) is 0 Å². The Balaban J connectivity index is 1.60. The molecule has 31 heavy (non-hydrogen) atoms. The van der Waals surface area contributed by atoms with Gasteiger partial charge in [-0.15, -0.1) is 11.8 Å². The fourth-order valence-electron chi connectivity index (χ4n) is 2.69. The first-order valence-corrected chi connectivity index (χ1v) is 10.5. The minimum atomic E-state index is -0.552. The molecule has 0 radical (unpaired) electrons. The van der Waals surface area contributed by atoms with E-state index >= 15 is 0 Å². The number of benzene rings is 3. The second-order valence-electron chi connectivity index (χ2n) is 6.59. The lowest BCUT2D eigenvalue weighted by Gasteiger charge is -2.10. The Bertz CT molecular complexity index is 1150. The molecule has 2 amide bonds. The quantitative estimate of drug-likeness (QED) is 0.276. The minimum absolute atomic E-state index is 0.155. The van der Waals surface area contributed by atoms with Crippen LogP contribution in [-0.4, -0.2) is 22.5 Å². The highest BCUT2D eigenvalue weighted by atomic mass is 35.5. The minimum Gasteiger partial charge on any atom is -0.325 e. The van der Waals surface area contributed by atoms with Crippen LogP contribution in [0.1, 0.15) is 15.9 Å². The summed E-state index contributed by atoms with van der Waals surface area (Å²) in [6.07, 6.45) is 0. The topological polar surface area (TPSA) is 101 Å². The Hall–Kier alpha value is -3.36. The summed E-state index contributed by atoms with van der Waals surface area (Å²) < 4.78 is 0. The summed E-state index contributed by atoms with van der Waals surface area (Å²) in [7, 11) is 0. The van der Waals surface area contributed by atoms with Crippen LogP contribution in [0.4, 0.5) is 17.1 Å².